The van der Waals surface area contributed by atoms with Crippen molar-refractivity contribution in [2.24, 2.45) is 5.92 Å². The Kier molecular flexibility index (Phi) is 6.39. The van der Waals surface area contributed by atoms with Crippen LogP contribution in [-0.2, 0) is 9.53 Å². The van der Waals surface area contributed by atoms with Gasteiger partial charge in [0.15, 0.2) is 0 Å². The summed E-state index contributed by atoms with van der Waals surface area (Å²) in [6, 6.07) is 8.62. The second-order valence-electron chi connectivity index (χ2n) is 7.31. The lowest BCUT2D eigenvalue weighted by atomic mass is 10.0. The van der Waals surface area contributed by atoms with E-state index >= 15 is 0 Å². The average molecular weight is 348 g/mol. The van der Waals surface area contributed by atoms with Gasteiger partial charge in [0.05, 0.1) is 0 Å². The van der Waals surface area contributed by atoms with Crippen molar-refractivity contribution in [1.82, 2.24) is 21.5 Å². The van der Waals surface area contributed by atoms with Crippen LogP contribution < -0.4 is 21.5 Å². The van der Waals surface area contributed by atoms with Gasteiger partial charge < -0.3 is 15.4 Å². The molecule has 0 bridgehead atoms. The number of rotatable bonds is 5. The SMILES string of the molecule is CC1NNCC1CNC(=O)[C@@H](NC(=O)OC(C)(C)C)c1ccccc1. The molecule has 0 aliphatic carbocycles. The smallest absolute Gasteiger partial charge is 0.408 e. The number of hydrazine groups is 1. The van der Waals surface area contributed by atoms with Crippen LogP contribution in [0.5, 0.6) is 0 Å². The van der Waals surface area contributed by atoms with Gasteiger partial charge in [0.1, 0.15) is 11.6 Å². The van der Waals surface area contributed by atoms with E-state index in [2.05, 4.69) is 28.4 Å². The van der Waals surface area contributed by atoms with Gasteiger partial charge in [0.2, 0.25) is 5.91 Å². The summed E-state index contributed by atoms with van der Waals surface area (Å²) in [6.45, 7) is 8.73. The average Bonchev–Trinajstić information content (AvgIpc) is 2.94. The Bertz CT molecular complexity index is 586. The molecule has 2 amide bonds. The molecule has 1 heterocycles. The van der Waals surface area contributed by atoms with Gasteiger partial charge >= 0.3 is 6.09 Å². The van der Waals surface area contributed by atoms with Crippen molar-refractivity contribution in [2.45, 2.75) is 45.4 Å². The lowest BCUT2D eigenvalue weighted by Crippen LogP contribution is -2.44. The molecular weight excluding hydrogens is 320 g/mol. The number of carbonyl (C=O) groups excluding carboxylic acids is 2. The minimum absolute atomic E-state index is 0.254. The van der Waals surface area contributed by atoms with Gasteiger partial charge in [-0.05, 0) is 33.3 Å². The Morgan fingerprint density at radius 1 is 1.28 bits per heavy atom. The second-order valence-corrected chi connectivity index (χ2v) is 7.31. The summed E-state index contributed by atoms with van der Waals surface area (Å²) >= 11 is 0. The fraction of sp³-hybridized carbons (Fsp3) is 0.556. The first-order valence-corrected chi connectivity index (χ1v) is 8.57. The molecule has 1 aliphatic rings. The van der Waals surface area contributed by atoms with E-state index in [-0.39, 0.29) is 11.9 Å². The summed E-state index contributed by atoms with van der Waals surface area (Å²) in [7, 11) is 0. The third-order valence-electron chi connectivity index (χ3n) is 4.00. The topological polar surface area (TPSA) is 91.5 Å². The van der Waals surface area contributed by atoms with Gasteiger partial charge in [-0.3, -0.25) is 15.6 Å². The molecule has 0 radical (unpaired) electrons. The second kappa shape index (κ2) is 8.31. The van der Waals surface area contributed by atoms with Crippen LogP contribution in [0.1, 0.15) is 39.3 Å². The van der Waals surface area contributed by atoms with E-state index < -0.39 is 17.7 Å². The predicted molar refractivity (Wildman–Crippen MR) is 95.7 cm³/mol. The molecular formula is C18H28N4O3. The van der Waals surface area contributed by atoms with Crippen LogP contribution in [0.4, 0.5) is 4.79 Å². The van der Waals surface area contributed by atoms with Crippen LogP contribution in [-0.4, -0.2) is 36.7 Å². The van der Waals surface area contributed by atoms with Crippen LogP contribution in [0.15, 0.2) is 30.3 Å². The van der Waals surface area contributed by atoms with E-state index in [1.807, 2.05) is 30.3 Å². The van der Waals surface area contributed by atoms with Gasteiger partial charge in [0.25, 0.3) is 0 Å². The first-order valence-electron chi connectivity index (χ1n) is 8.57. The molecule has 1 aliphatic heterocycles. The number of nitrogens with one attached hydrogen (secondary N) is 4. The standard InChI is InChI=1S/C18H28N4O3/c1-12-14(11-20-22-12)10-19-16(23)15(13-8-6-5-7-9-13)21-17(24)25-18(2,3)4/h5-9,12,14-15,20,22H,10-11H2,1-4H3,(H,19,23)(H,21,24)/t12?,14?,15-/m0/s1. The molecule has 1 saturated heterocycles. The zero-order valence-electron chi connectivity index (χ0n) is 15.3. The van der Waals surface area contributed by atoms with Crippen LogP contribution in [0, 0.1) is 5.92 Å². The highest BCUT2D eigenvalue weighted by molar-refractivity contribution is 5.86. The molecule has 4 N–H and O–H groups in total. The van der Waals surface area contributed by atoms with E-state index in [0.29, 0.717) is 18.0 Å². The van der Waals surface area contributed by atoms with Crippen molar-refractivity contribution in [2.75, 3.05) is 13.1 Å². The van der Waals surface area contributed by atoms with E-state index in [1.165, 1.54) is 0 Å². The summed E-state index contributed by atoms with van der Waals surface area (Å²) < 4.78 is 5.28. The molecule has 25 heavy (non-hydrogen) atoms. The molecule has 138 valence electrons. The molecule has 0 spiro atoms. The number of hydrogen-bond donors (Lipinski definition) is 4. The Morgan fingerprint density at radius 2 is 1.96 bits per heavy atom. The number of alkyl carbamates (subject to hydrolysis) is 1. The maximum absolute atomic E-state index is 12.7. The third-order valence-corrected chi connectivity index (χ3v) is 4.00. The largest absolute Gasteiger partial charge is 0.444 e. The number of amides is 2. The molecule has 1 aromatic carbocycles. The van der Waals surface area contributed by atoms with Crippen molar-refractivity contribution < 1.29 is 14.3 Å². The molecule has 7 nitrogen and oxygen atoms in total. The number of ether oxygens (including phenoxy) is 1. The van der Waals surface area contributed by atoms with Crippen molar-refractivity contribution in [3.8, 4) is 0 Å². The molecule has 2 rings (SSSR count). The van der Waals surface area contributed by atoms with Crippen LogP contribution in [0.3, 0.4) is 0 Å². The zero-order valence-corrected chi connectivity index (χ0v) is 15.3. The molecule has 1 fully saturated rings. The van der Waals surface area contributed by atoms with E-state index in [1.54, 1.807) is 20.8 Å². The van der Waals surface area contributed by atoms with Crippen LogP contribution in [0.25, 0.3) is 0 Å². The number of carbonyl (C=O) groups is 2. The Morgan fingerprint density at radius 3 is 2.52 bits per heavy atom. The molecule has 7 heteroatoms. The summed E-state index contributed by atoms with van der Waals surface area (Å²) in [5.41, 5.74) is 6.28. The van der Waals surface area contributed by atoms with Crippen molar-refractivity contribution in [3.63, 3.8) is 0 Å². The molecule has 0 saturated carbocycles. The quantitative estimate of drug-likeness (QED) is 0.647. The van der Waals surface area contributed by atoms with Gasteiger partial charge in [-0.2, -0.15) is 0 Å². The van der Waals surface area contributed by atoms with E-state index in [0.717, 1.165) is 6.54 Å². The van der Waals surface area contributed by atoms with E-state index in [4.69, 9.17) is 4.74 Å². The summed E-state index contributed by atoms with van der Waals surface area (Å²) in [4.78, 5) is 24.8. The van der Waals surface area contributed by atoms with Gasteiger partial charge in [-0.1, -0.05) is 30.3 Å². The fourth-order valence-corrected chi connectivity index (χ4v) is 2.60. The third kappa shape index (κ3) is 6.03. The minimum atomic E-state index is -0.798. The van der Waals surface area contributed by atoms with Crippen molar-refractivity contribution in [1.29, 1.82) is 0 Å². The maximum atomic E-state index is 12.7. The highest BCUT2D eigenvalue weighted by atomic mass is 16.6. The zero-order chi connectivity index (χ0) is 18.4. The normalized spacial score (nSPS) is 21.4. The lowest BCUT2D eigenvalue weighted by Gasteiger charge is -2.24. The number of hydrogen-bond acceptors (Lipinski definition) is 5. The predicted octanol–water partition coefficient (Wildman–Crippen LogP) is 1.48. The Hall–Kier alpha value is -2.12. The van der Waals surface area contributed by atoms with Crippen molar-refractivity contribution in [3.05, 3.63) is 35.9 Å². The fourth-order valence-electron chi connectivity index (χ4n) is 2.60. The molecule has 3 atom stereocenters. The van der Waals surface area contributed by atoms with Crippen LogP contribution in [0.2, 0.25) is 0 Å². The monoisotopic (exact) mass is 348 g/mol. The first kappa shape index (κ1) is 19.2. The van der Waals surface area contributed by atoms with Gasteiger partial charge in [0, 0.05) is 25.0 Å². The first-order chi connectivity index (χ1) is 11.8. The van der Waals surface area contributed by atoms with Gasteiger partial charge in [-0.15, -0.1) is 0 Å². The molecule has 0 aromatic heterocycles. The van der Waals surface area contributed by atoms with Gasteiger partial charge in [-0.25, -0.2) is 4.79 Å². The number of benzene rings is 1. The summed E-state index contributed by atoms with van der Waals surface area (Å²) in [5, 5.41) is 5.60. The Balaban J connectivity index is 2.03. The Labute approximate surface area is 148 Å². The highest BCUT2D eigenvalue weighted by Crippen LogP contribution is 2.15. The molecule has 2 unspecified atom stereocenters. The lowest BCUT2D eigenvalue weighted by molar-refractivity contribution is -0.123. The summed E-state index contributed by atoms with van der Waals surface area (Å²) in [5.74, 6) is 0.0399. The maximum Gasteiger partial charge on any atom is 0.408 e. The van der Waals surface area contributed by atoms with Crippen molar-refractivity contribution >= 4 is 12.0 Å². The van der Waals surface area contributed by atoms with Crippen LogP contribution >= 0.6 is 0 Å². The highest BCUT2D eigenvalue weighted by Gasteiger charge is 2.28. The summed E-state index contributed by atoms with van der Waals surface area (Å²) in [6.07, 6.45) is -0.617. The van der Waals surface area contributed by atoms with E-state index in [9.17, 15) is 9.59 Å². The molecule has 1 aromatic rings. The minimum Gasteiger partial charge on any atom is -0.444 e.